The lowest BCUT2D eigenvalue weighted by molar-refractivity contribution is -0.136. The average Bonchev–Trinajstić information content (AvgIpc) is 2.55. The van der Waals surface area contributed by atoms with Gasteiger partial charge in [-0.3, -0.25) is 9.59 Å². The molecule has 124 valence electrons. The van der Waals surface area contributed by atoms with Gasteiger partial charge in [-0.15, -0.1) is 0 Å². The average molecular weight is 311 g/mol. The van der Waals surface area contributed by atoms with Crippen LogP contribution >= 0.6 is 0 Å². The summed E-state index contributed by atoms with van der Waals surface area (Å²) in [6, 6.07) is 9.24. The summed E-state index contributed by atoms with van der Waals surface area (Å²) in [5.41, 5.74) is 0. The third-order valence-electron chi connectivity index (χ3n) is 2.69. The topological polar surface area (TPSA) is 95.9 Å². The fraction of sp³-hybridized carbons (Fsp3) is 0.500. The highest BCUT2D eigenvalue weighted by Gasteiger charge is 2.09. The molecule has 0 saturated carbocycles. The van der Waals surface area contributed by atoms with E-state index in [2.05, 4.69) is 5.32 Å². The quantitative estimate of drug-likeness (QED) is 0.680. The Bertz CT molecular complexity index is 422. The van der Waals surface area contributed by atoms with E-state index in [-0.39, 0.29) is 25.0 Å². The van der Waals surface area contributed by atoms with Crippen LogP contribution in [0.5, 0.6) is 5.75 Å². The number of para-hydroxylation sites is 1. The van der Waals surface area contributed by atoms with Crippen LogP contribution in [0.1, 0.15) is 33.1 Å². The molecule has 0 bridgehead atoms. The number of aliphatic hydroxyl groups is 1. The molecule has 0 aromatic heterocycles. The summed E-state index contributed by atoms with van der Waals surface area (Å²) >= 11 is 0. The van der Waals surface area contributed by atoms with E-state index in [0.717, 1.165) is 5.75 Å². The molecule has 0 fully saturated rings. The number of carboxylic acid groups (broad SMARTS) is 1. The molecule has 1 aromatic carbocycles. The van der Waals surface area contributed by atoms with E-state index < -0.39 is 5.97 Å². The van der Waals surface area contributed by atoms with Crippen molar-refractivity contribution in [2.75, 3.05) is 13.2 Å². The van der Waals surface area contributed by atoms with Gasteiger partial charge in [-0.25, -0.2) is 0 Å². The fourth-order valence-electron chi connectivity index (χ4n) is 1.37. The molecule has 0 radical (unpaired) electrons. The van der Waals surface area contributed by atoms with Crippen molar-refractivity contribution < 1.29 is 24.5 Å². The number of amides is 1. The van der Waals surface area contributed by atoms with Gasteiger partial charge in [0.1, 0.15) is 5.75 Å². The summed E-state index contributed by atoms with van der Waals surface area (Å²) in [7, 11) is 0. The monoisotopic (exact) mass is 311 g/mol. The Hall–Kier alpha value is -2.08. The lowest BCUT2D eigenvalue weighted by atomic mass is 10.2. The lowest BCUT2D eigenvalue weighted by Gasteiger charge is -2.16. The number of ether oxygens (including phenoxy) is 1. The molecule has 6 nitrogen and oxygen atoms in total. The zero-order valence-electron chi connectivity index (χ0n) is 13.1. The van der Waals surface area contributed by atoms with Crippen molar-refractivity contribution in [3.05, 3.63) is 30.3 Å². The molecule has 0 aliphatic rings. The van der Waals surface area contributed by atoms with Crippen molar-refractivity contribution >= 4 is 11.9 Å². The van der Waals surface area contributed by atoms with Gasteiger partial charge < -0.3 is 20.3 Å². The van der Waals surface area contributed by atoms with Crippen molar-refractivity contribution in [3.63, 3.8) is 0 Å². The van der Waals surface area contributed by atoms with Gasteiger partial charge in [0, 0.05) is 19.3 Å². The highest BCUT2D eigenvalue weighted by atomic mass is 16.5. The van der Waals surface area contributed by atoms with Crippen LogP contribution in [0.3, 0.4) is 0 Å². The normalized spacial score (nSPS) is 10.9. The maximum atomic E-state index is 11.2. The van der Waals surface area contributed by atoms with Gasteiger partial charge in [0.25, 0.3) is 0 Å². The first-order valence-electron chi connectivity index (χ1n) is 7.33. The van der Waals surface area contributed by atoms with Crippen molar-refractivity contribution in [2.45, 2.75) is 39.2 Å². The molecule has 0 heterocycles. The number of aliphatic carboxylic acids is 1. The van der Waals surface area contributed by atoms with Crippen LogP contribution in [-0.2, 0) is 9.59 Å². The Morgan fingerprint density at radius 3 is 2.23 bits per heavy atom. The Labute approximate surface area is 131 Å². The van der Waals surface area contributed by atoms with E-state index in [0.29, 0.717) is 19.4 Å². The summed E-state index contributed by atoms with van der Waals surface area (Å²) in [4.78, 5) is 20.5. The molecular formula is C16H25NO5. The summed E-state index contributed by atoms with van der Waals surface area (Å²) in [5, 5.41) is 19.6. The number of hydrogen-bond acceptors (Lipinski definition) is 4. The van der Waals surface area contributed by atoms with Crippen LogP contribution in [0, 0.1) is 0 Å². The predicted molar refractivity (Wildman–Crippen MR) is 83.8 cm³/mol. The molecule has 1 atom stereocenters. The molecule has 1 amide bonds. The number of nitrogens with one attached hydrogen (secondary N) is 1. The Balaban J connectivity index is 0.000000763. The maximum Gasteiger partial charge on any atom is 0.303 e. The molecule has 3 N–H and O–H groups in total. The molecule has 0 saturated heterocycles. The molecule has 0 aliphatic heterocycles. The SMILES string of the molecule is CCC(=O)NC(CO)CCOc1ccccc1.CCC(=O)O. The molecule has 0 aliphatic carbocycles. The van der Waals surface area contributed by atoms with Gasteiger partial charge in [-0.2, -0.15) is 0 Å². The number of hydrogen-bond donors (Lipinski definition) is 3. The first kappa shape index (κ1) is 19.9. The van der Waals surface area contributed by atoms with Crippen molar-refractivity contribution in [1.29, 1.82) is 0 Å². The van der Waals surface area contributed by atoms with Crippen LogP contribution < -0.4 is 10.1 Å². The van der Waals surface area contributed by atoms with E-state index in [9.17, 15) is 9.59 Å². The van der Waals surface area contributed by atoms with Crippen molar-refractivity contribution in [3.8, 4) is 5.75 Å². The number of carbonyl (C=O) groups excluding carboxylic acids is 1. The summed E-state index contributed by atoms with van der Waals surface area (Å²) < 4.78 is 5.49. The van der Waals surface area contributed by atoms with E-state index in [4.69, 9.17) is 14.9 Å². The van der Waals surface area contributed by atoms with Gasteiger partial charge in [0.2, 0.25) is 5.91 Å². The third kappa shape index (κ3) is 10.7. The van der Waals surface area contributed by atoms with Crippen LogP contribution in [-0.4, -0.2) is 41.3 Å². The third-order valence-corrected chi connectivity index (χ3v) is 2.69. The Morgan fingerprint density at radius 1 is 1.18 bits per heavy atom. The lowest BCUT2D eigenvalue weighted by Crippen LogP contribution is -2.38. The number of carboxylic acids is 1. The summed E-state index contributed by atoms with van der Waals surface area (Å²) in [5.74, 6) is -0.000214. The van der Waals surface area contributed by atoms with Crippen molar-refractivity contribution in [2.24, 2.45) is 0 Å². The second-order valence-electron chi connectivity index (χ2n) is 4.50. The first-order chi connectivity index (χ1) is 10.5. The Kier molecular flexibility index (Phi) is 11.4. The molecule has 1 unspecified atom stereocenters. The molecule has 1 rings (SSSR count). The van der Waals surface area contributed by atoms with Gasteiger partial charge in [0.15, 0.2) is 0 Å². The molecule has 6 heteroatoms. The van der Waals surface area contributed by atoms with Crippen LogP contribution in [0.15, 0.2) is 30.3 Å². The van der Waals surface area contributed by atoms with Gasteiger partial charge >= 0.3 is 5.97 Å². The van der Waals surface area contributed by atoms with Crippen molar-refractivity contribution in [1.82, 2.24) is 5.32 Å². The summed E-state index contributed by atoms with van der Waals surface area (Å²) in [6.07, 6.45) is 1.24. The predicted octanol–water partition coefficient (Wildman–Crippen LogP) is 1.82. The minimum atomic E-state index is -0.745. The van der Waals surface area contributed by atoms with E-state index in [1.54, 1.807) is 13.8 Å². The zero-order valence-corrected chi connectivity index (χ0v) is 13.1. The highest BCUT2D eigenvalue weighted by Crippen LogP contribution is 2.08. The second kappa shape index (κ2) is 12.6. The number of aliphatic hydroxyl groups excluding tert-OH is 1. The second-order valence-corrected chi connectivity index (χ2v) is 4.50. The number of carbonyl (C=O) groups is 2. The highest BCUT2D eigenvalue weighted by molar-refractivity contribution is 5.75. The van der Waals surface area contributed by atoms with Gasteiger partial charge in [-0.1, -0.05) is 32.0 Å². The molecule has 0 spiro atoms. The first-order valence-corrected chi connectivity index (χ1v) is 7.33. The zero-order chi connectivity index (χ0) is 16.8. The Morgan fingerprint density at radius 2 is 1.77 bits per heavy atom. The standard InChI is InChI=1S/C13H19NO3.C3H6O2/c1-2-13(16)14-11(10-15)8-9-17-12-6-4-3-5-7-12;1-2-3(4)5/h3-7,11,15H,2,8-10H2,1H3,(H,14,16);2H2,1H3,(H,4,5). The van der Waals surface area contributed by atoms with Gasteiger partial charge in [-0.05, 0) is 12.1 Å². The molecular weight excluding hydrogens is 286 g/mol. The van der Waals surface area contributed by atoms with E-state index in [1.165, 1.54) is 0 Å². The minimum Gasteiger partial charge on any atom is -0.494 e. The van der Waals surface area contributed by atoms with Crippen LogP contribution in [0.2, 0.25) is 0 Å². The maximum absolute atomic E-state index is 11.2. The van der Waals surface area contributed by atoms with Gasteiger partial charge in [0.05, 0.1) is 19.3 Å². The summed E-state index contributed by atoms with van der Waals surface area (Å²) in [6.45, 7) is 3.79. The fourth-order valence-corrected chi connectivity index (χ4v) is 1.37. The molecule has 22 heavy (non-hydrogen) atoms. The number of benzene rings is 1. The number of rotatable bonds is 8. The largest absolute Gasteiger partial charge is 0.494 e. The van der Waals surface area contributed by atoms with Crippen LogP contribution in [0.4, 0.5) is 0 Å². The molecule has 1 aromatic rings. The minimum absolute atomic E-state index is 0.0521. The smallest absolute Gasteiger partial charge is 0.303 e. The van der Waals surface area contributed by atoms with E-state index >= 15 is 0 Å². The van der Waals surface area contributed by atoms with Crippen LogP contribution in [0.25, 0.3) is 0 Å². The van der Waals surface area contributed by atoms with E-state index in [1.807, 2.05) is 30.3 Å².